The lowest BCUT2D eigenvalue weighted by Crippen LogP contribution is -2.61. The average molecular weight is 335 g/mol. The molecule has 3 fully saturated rings. The molecule has 0 radical (unpaired) electrons. The molecule has 0 bridgehead atoms. The molecule has 0 aromatic heterocycles. The lowest BCUT2D eigenvalue weighted by Gasteiger charge is -2.46. The van der Waals surface area contributed by atoms with E-state index in [0.717, 1.165) is 38.8 Å². The van der Waals surface area contributed by atoms with E-state index in [2.05, 4.69) is 23.6 Å². The van der Waals surface area contributed by atoms with E-state index in [1.807, 2.05) is 0 Å². The maximum absolute atomic E-state index is 12.9. The van der Waals surface area contributed by atoms with Gasteiger partial charge in [0.05, 0.1) is 0 Å². The number of piperazine rings is 1. The first-order valence-corrected chi connectivity index (χ1v) is 10.2. The van der Waals surface area contributed by atoms with Crippen molar-refractivity contribution in [2.75, 3.05) is 13.1 Å². The highest BCUT2D eigenvalue weighted by molar-refractivity contribution is 5.81. The Morgan fingerprint density at radius 3 is 1.29 bits per heavy atom. The molecule has 24 heavy (non-hydrogen) atoms. The SMILES string of the molecule is C[C@@H]1CN(C(=O)C2CCCCC2)[C@H](C)CN1C(=O)C1CCCCC1. The van der Waals surface area contributed by atoms with Crippen LogP contribution >= 0.6 is 0 Å². The summed E-state index contributed by atoms with van der Waals surface area (Å²) in [7, 11) is 0. The van der Waals surface area contributed by atoms with Crippen molar-refractivity contribution in [3.05, 3.63) is 0 Å². The second kappa shape index (κ2) is 7.88. The van der Waals surface area contributed by atoms with Gasteiger partial charge < -0.3 is 9.80 Å². The molecule has 2 saturated carbocycles. The van der Waals surface area contributed by atoms with E-state index < -0.39 is 0 Å². The first-order chi connectivity index (χ1) is 11.6. The molecule has 0 aromatic rings. The third-order valence-corrected chi connectivity index (χ3v) is 6.46. The van der Waals surface area contributed by atoms with Gasteiger partial charge in [-0.1, -0.05) is 38.5 Å². The average Bonchev–Trinajstić information content (AvgIpc) is 2.63. The van der Waals surface area contributed by atoms with Crippen LogP contribution in [0, 0.1) is 11.8 Å². The molecule has 2 aliphatic carbocycles. The fourth-order valence-corrected chi connectivity index (χ4v) is 4.91. The number of nitrogens with zero attached hydrogens (tertiary/aromatic N) is 2. The number of hydrogen-bond acceptors (Lipinski definition) is 2. The van der Waals surface area contributed by atoms with Gasteiger partial charge in [0.1, 0.15) is 0 Å². The summed E-state index contributed by atoms with van der Waals surface area (Å²) in [6, 6.07) is 0.311. The Hall–Kier alpha value is -1.06. The molecule has 0 spiro atoms. The molecular weight excluding hydrogens is 300 g/mol. The fraction of sp³-hybridized carbons (Fsp3) is 0.900. The van der Waals surface area contributed by atoms with Gasteiger partial charge >= 0.3 is 0 Å². The van der Waals surface area contributed by atoms with Crippen molar-refractivity contribution in [1.29, 1.82) is 0 Å². The lowest BCUT2D eigenvalue weighted by atomic mass is 9.86. The maximum atomic E-state index is 12.9. The first kappa shape index (κ1) is 17.8. The molecule has 0 aromatic carbocycles. The second-order valence-corrected chi connectivity index (χ2v) is 8.35. The summed E-state index contributed by atoms with van der Waals surface area (Å²) in [6.45, 7) is 5.67. The van der Waals surface area contributed by atoms with Crippen molar-refractivity contribution < 1.29 is 9.59 Å². The topological polar surface area (TPSA) is 40.6 Å². The Labute approximate surface area is 146 Å². The number of carbonyl (C=O) groups excluding carboxylic acids is 2. The van der Waals surface area contributed by atoms with Gasteiger partial charge in [-0.3, -0.25) is 9.59 Å². The smallest absolute Gasteiger partial charge is 0.226 e. The van der Waals surface area contributed by atoms with Gasteiger partial charge in [-0.2, -0.15) is 0 Å². The highest BCUT2D eigenvalue weighted by Crippen LogP contribution is 2.30. The molecule has 2 amide bonds. The van der Waals surface area contributed by atoms with Crippen molar-refractivity contribution in [3.8, 4) is 0 Å². The number of rotatable bonds is 2. The predicted molar refractivity (Wildman–Crippen MR) is 95.5 cm³/mol. The first-order valence-electron chi connectivity index (χ1n) is 10.2. The monoisotopic (exact) mass is 334 g/mol. The van der Waals surface area contributed by atoms with Crippen LogP contribution in [0.4, 0.5) is 0 Å². The Kier molecular flexibility index (Phi) is 5.83. The van der Waals surface area contributed by atoms with Crippen LogP contribution in [-0.4, -0.2) is 46.8 Å². The minimum atomic E-state index is 0.156. The molecule has 0 unspecified atom stereocenters. The van der Waals surface area contributed by atoms with Crippen molar-refractivity contribution in [2.24, 2.45) is 11.8 Å². The second-order valence-electron chi connectivity index (χ2n) is 8.35. The zero-order valence-electron chi connectivity index (χ0n) is 15.5. The molecule has 1 aliphatic heterocycles. The highest BCUT2D eigenvalue weighted by Gasteiger charge is 2.38. The van der Waals surface area contributed by atoms with Crippen LogP contribution in [0.3, 0.4) is 0 Å². The third-order valence-electron chi connectivity index (χ3n) is 6.46. The number of amides is 2. The molecule has 3 aliphatic rings. The number of hydrogen-bond donors (Lipinski definition) is 0. The zero-order chi connectivity index (χ0) is 17.1. The summed E-state index contributed by atoms with van der Waals surface area (Å²) in [6.07, 6.45) is 11.6. The quantitative estimate of drug-likeness (QED) is 0.774. The van der Waals surface area contributed by atoms with Crippen molar-refractivity contribution in [1.82, 2.24) is 9.80 Å². The van der Waals surface area contributed by atoms with Crippen LogP contribution in [-0.2, 0) is 9.59 Å². The van der Waals surface area contributed by atoms with E-state index in [9.17, 15) is 9.59 Å². The molecule has 3 rings (SSSR count). The predicted octanol–water partition coefficient (Wildman–Crippen LogP) is 3.59. The fourth-order valence-electron chi connectivity index (χ4n) is 4.91. The van der Waals surface area contributed by atoms with Crippen molar-refractivity contribution in [3.63, 3.8) is 0 Å². The Morgan fingerprint density at radius 1 is 0.625 bits per heavy atom. The van der Waals surface area contributed by atoms with Gasteiger partial charge in [0.25, 0.3) is 0 Å². The molecule has 4 nitrogen and oxygen atoms in total. The molecule has 4 heteroatoms. The summed E-state index contributed by atoms with van der Waals surface area (Å²) in [5, 5.41) is 0. The molecule has 2 atom stereocenters. The largest absolute Gasteiger partial charge is 0.336 e. The van der Waals surface area contributed by atoms with Gasteiger partial charge in [0.2, 0.25) is 11.8 Å². The summed E-state index contributed by atoms with van der Waals surface area (Å²) in [4.78, 5) is 30.0. The minimum absolute atomic E-state index is 0.156. The van der Waals surface area contributed by atoms with Crippen LogP contribution in [0.2, 0.25) is 0 Å². The van der Waals surface area contributed by atoms with Gasteiger partial charge in [-0.15, -0.1) is 0 Å². The molecule has 1 heterocycles. The van der Waals surface area contributed by atoms with Gasteiger partial charge in [0.15, 0.2) is 0 Å². The van der Waals surface area contributed by atoms with Gasteiger partial charge in [0, 0.05) is 37.0 Å². The molecule has 1 saturated heterocycles. The summed E-state index contributed by atoms with van der Waals surface area (Å²) in [5.74, 6) is 1.15. The van der Waals surface area contributed by atoms with Gasteiger partial charge in [-0.25, -0.2) is 0 Å². The van der Waals surface area contributed by atoms with E-state index in [0.29, 0.717) is 11.8 Å². The normalized spacial score (nSPS) is 30.4. The maximum Gasteiger partial charge on any atom is 0.226 e. The molecular formula is C20H34N2O2. The zero-order valence-corrected chi connectivity index (χ0v) is 15.5. The Bertz CT molecular complexity index is 411. The standard InChI is InChI=1S/C20H34N2O2/c1-15-13-22(20(24)18-11-7-4-8-12-18)16(2)14-21(15)19(23)17-9-5-3-6-10-17/h15-18H,3-14H2,1-2H3/t15-,16-/m1/s1. The van der Waals surface area contributed by atoms with Crippen molar-refractivity contribution >= 4 is 11.8 Å². The molecule has 136 valence electrons. The Morgan fingerprint density at radius 2 is 0.958 bits per heavy atom. The van der Waals surface area contributed by atoms with E-state index >= 15 is 0 Å². The highest BCUT2D eigenvalue weighted by atomic mass is 16.2. The molecule has 0 N–H and O–H groups in total. The van der Waals surface area contributed by atoms with Crippen LogP contribution < -0.4 is 0 Å². The number of carbonyl (C=O) groups is 2. The van der Waals surface area contributed by atoms with Crippen molar-refractivity contribution in [2.45, 2.75) is 90.1 Å². The third kappa shape index (κ3) is 3.78. The van der Waals surface area contributed by atoms with Crippen LogP contribution in [0.15, 0.2) is 0 Å². The van der Waals surface area contributed by atoms with Crippen LogP contribution in [0.25, 0.3) is 0 Å². The summed E-state index contributed by atoms with van der Waals surface area (Å²) in [5.41, 5.74) is 0. The van der Waals surface area contributed by atoms with Gasteiger partial charge in [-0.05, 0) is 39.5 Å². The van der Waals surface area contributed by atoms with E-state index in [1.54, 1.807) is 0 Å². The lowest BCUT2D eigenvalue weighted by molar-refractivity contribution is -0.151. The van der Waals surface area contributed by atoms with E-state index in [4.69, 9.17) is 0 Å². The Balaban J connectivity index is 1.60. The minimum Gasteiger partial charge on any atom is -0.336 e. The summed E-state index contributed by atoms with van der Waals surface area (Å²) >= 11 is 0. The van der Waals surface area contributed by atoms with E-state index in [-0.39, 0.29) is 23.9 Å². The summed E-state index contributed by atoms with van der Waals surface area (Å²) < 4.78 is 0. The van der Waals surface area contributed by atoms with Crippen LogP contribution in [0.1, 0.15) is 78.1 Å². The van der Waals surface area contributed by atoms with Crippen LogP contribution in [0.5, 0.6) is 0 Å². The van der Waals surface area contributed by atoms with E-state index in [1.165, 1.54) is 38.5 Å².